The normalized spacial score (nSPS) is 9.83. The molecule has 0 atom stereocenters. The Morgan fingerprint density at radius 1 is 1.75 bits per heavy atom. The maximum Gasteiger partial charge on any atom is 0.234 e. The van der Waals surface area contributed by atoms with E-state index in [2.05, 4.69) is 21.2 Å². The number of hydrogen-bond donors (Lipinski definition) is 2. The monoisotopic (exact) mass is 248 g/mol. The van der Waals surface area contributed by atoms with Gasteiger partial charge in [0.25, 0.3) is 0 Å². The van der Waals surface area contributed by atoms with Crippen LogP contribution in [0.1, 0.15) is 4.88 Å². The molecule has 0 aliphatic carbocycles. The quantitative estimate of drug-likeness (QED) is 0.842. The number of amides is 1. The van der Waals surface area contributed by atoms with Crippen LogP contribution in [-0.2, 0) is 11.3 Å². The molecule has 0 aliphatic rings. The lowest BCUT2D eigenvalue weighted by atomic mass is 10.4. The molecule has 0 spiro atoms. The van der Waals surface area contributed by atoms with Crippen molar-refractivity contribution in [1.29, 1.82) is 0 Å². The summed E-state index contributed by atoms with van der Waals surface area (Å²) in [7, 11) is 0. The van der Waals surface area contributed by atoms with Crippen LogP contribution >= 0.6 is 27.3 Å². The van der Waals surface area contributed by atoms with E-state index in [1.165, 1.54) is 0 Å². The average molecular weight is 249 g/mol. The summed E-state index contributed by atoms with van der Waals surface area (Å²) in [4.78, 5) is 11.9. The zero-order valence-electron chi connectivity index (χ0n) is 6.34. The number of nitrogens with one attached hydrogen (secondary N) is 1. The highest BCUT2D eigenvalue weighted by Crippen LogP contribution is 2.21. The van der Waals surface area contributed by atoms with Crippen molar-refractivity contribution in [2.45, 2.75) is 6.54 Å². The molecule has 12 heavy (non-hydrogen) atoms. The van der Waals surface area contributed by atoms with Crippen molar-refractivity contribution in [3.63, 3.8) is 0 Å². The van der Waals surface area contributed by atoms with Crippen molar-refractivity contribution >= 4 is 33.2 Å². The molecule has 3 N–H and O–H groups in total. The molecule has 0 fully saturated rings. The SMILES string of the molecule is NCC(=O)NCc1sccc1Br. The molecule has 1 aromatic rings. The van der Waals surface area contributed by atoms with E-state index in [4.69, 9.17) is 5.73 Å². The van der Waals surface area contributed by atoms with Crippen LogP contribution in [0.3, 0.4) is 0 Å². The number of halogens is 1. The van der Waals surface area contributed by atoms with Gasteiger partial charge < -0.3 is 11.1 Å². The van der Waals surface area contributed by atoms with E-state index in [1.807, 2.05) is 11.4 Å². The fraction of sp³-hybridized carbons (Fsp3) is 0.286. The van der Waals surface area contributed by atoms with E-state index in [0.29, 0.717) is 6.54 Å². The Bertz CT molecular complexity index is 274. The number of nitrogens with two attached hydrogens (primary N) is 1. The molecule has 0 radical (unpaired) electrons. The molecule has 0 bridgehead atoms. The van der Waals surface area contributed by atoms with Crippen molar-refractivity contribution in [3.05, 3.63) is 20.8 Å². The first-order valence-electron chi connectivity index (χ1n) is 3.42. The van der Waals surface area contributed by atoms with Gasteiger partial charge in [-0.25, -0.2) is 0 Å². The summed E-state index contributed by atoms with van der Waals surface area (Å²) in [6.45, 7) is 0.595. The number of thiophene rings is 1. The van der Waals surface area contributed by atoms with Crippen molar-refractivity contribution in [3.8, 4) is 0 Å². The van der Waals surface area contributed by atoms with Crippen LogP contribution in [0.2, 0.25) is 0 Å². The lowest BCUT2D eigenvalue weighted by Crippen LogP contribution is -2.29. The predicted octanol–water partition coefficient (Wildman–Crippen LogP) is 1.09. The van der Waals surface area contributed by atoms with Gasteiger partial charge in [0.15, 0.2) is 0 Å². The van der Waals surface area contributed by atoms with Crippen molar-refractivity contribution in [2.24, 2.45) is 5.73 Å². The Kier molecular flexibility index (Phi) is 3.71. The molecule has 0 aliphatic heterocycles. The molecular weight excluding hydrogens is 240 g/mol. The highest BCUT2D eigenvalue weighted by Gasteiger charge is 2.02. The molecule has 1 aromatic heterocycles. The van der Waals surface area contributed by atoms with Crippen LogP contribution in [-0.4, -0.2) is 12.5 Å². The van der Waals surface area contributed by atoms with Gasteiger partial charge >= 0.3 is 0 Å². The Morgan fingerprint density at radius 3 is 3.00 bits per heavy atom. The zero-order chi connectivity index (χ0) is 8.97. The molecule has 0 aromatic carbocycles. The van der Waals surface area contributed by atoms with Gasteiger partial charge in [0.2, 0.25) is 5.91 Å². The van der Waals surface area contributed by atoms with Gasteiger partial charge in [-0.1, -0.05) is 0 Å². The number of rotatable bonds is 3. The molecular formula is C7H9BrN2OS. The second-order valence-electron chi connectivity index (χ2n) is 2.17. The summed E-state index contributed by atoms with van der Waals surface area (Å²) in [5.41, 5.74) is 5.13. The van der Waals surface area contributed by atoms with Crippen LogP contribution in [0.25, 0.3) is 0 Å². The average Bonchev–Trinajstić information content (AvgIpc) is 2.47. The third-order valence-corrected chi connectivity index (χ3v) is 3.25. The van der Waals surface area contributed by atoms with Crippen LogP contribution in [0.5, 0.6) is 0 Å². The van der Waals surface area contributed by atoms with Gasteiger partial charge in [-0.15, -0.1) is 11.3 Å². The van der Waals surface area contributed by atoms with Gasteiger partial charge in [-0.2, -0.15) is 0 Å². The molecule has 66 valence electrons. The van der Waals surface area contributed by atoms with Gasteiger partial charge in [-0.3, -0.25) is 4.79 Å². The minimum atomic E-state index is -0.129. The van der Waals surface area contributed by atoms with Gasteiger partial charge in [0.1, 0.15) is 0 Å². The fourth-order valence-electron chi connectivity index (χ4n) is 0.702. The first-order chi connectivity index (χ1) is 5.74. The largest absolute Gasteiger partial charge is 0.350 e. The van der Waals surface area contributed by atoms with E-state index < -0.39 is 0 Å². The lowest BCUT2D eigenvalue weighted by Gasteiger charge is -2.00. The van der Waals surface area contributed by atoms with Crippen molar-refractivity contribution < 1.29 is 4.79 Å². The lowest BCUT2D eigenvalue weighted by molar-refractivity contribution is -0.119. The molecule has 3 nitrogen and oxygen atoms in total. The summed E-state index contributed by atoms with van der Waals surface area (Å²) < 4.78 is 1.03. The topological polar surface area (TPSA) is 55.1 Å². The maximum atomic E-state index is 10.8. The maximum absolute atomic E-state index is 10.8. The Balaban J connectivity index is 2.43. The molecule has 1 heterocycles. The molecule has 1 amide bonds. The summed E-state index contributed by atoms with van der Waals surface area (Å²) in [6, 6.07) is 1.95. The van der Waals surface area contributed by atoms with Crippen LogP contribution < -0.4 is 11.1 Å². The van der Waals surface area contributed by atoms with Gasteiger partial charge in [0, 0.05) is 9.35 Å². The van der Waals surface area contributed by atoms with E-state index >= 15 is 0 Å². The van der Waals surface area contributed by atoms with Crippen molar-refractivity contribution in [2.75, 3.05) is 6.54 Å². The van der Waals surface area contributed by atoms with Crippen LogP contribution in [0, 0.1) is 0 Å². The first-order valence-corrected chi connectivity index (χ1v) is 5.10. The standard InChI is InChI=1S/C7H9BrN2OS/c8-5-1-2-12-6(5)4-10-7(11)3-9/h1-2H,3-4,9H2,(H,10,11). The van der Waals surface area contributed by atoms with E-state index in [-0.39, 0.29) is 12.5 Å². The fourth-order valence-corrected chi connectivity index (χ4v) is 2.13. The minimum Gasteiger partial charge on any atom is -0.350 e. The molecule has 0 saturated carbocycles. The summed E-state index contributed by atoms with van der Waals surface area (Å²) in [5.74, 6) is -0.129. The second kappa shape index (κ2) is 4.59. The number of carbonyl (C=O) groups is 1. The van der Waals surface area contributed by atoms with E-state index in [1.54, 1.807) is 11.3 Å². The summed E-state index contributed by atoms with van der Waals surface area (Å²) >= 11 is 4.97. The first kappa shape index (κ1) is 9.70. The summed E-state index contributed by atoms with van der Waals surface area (Å²) in [5, 5.41) is 4.66. The Hall–Kier alpha value is -0.390. The van der Waals surface area contributed by atoms with Gasteiger partial charge in [0.05, 0.1) is 13.1 Å². The van der Waals surface area contributed by atoms with Crippen molar-refractivity contribution in [1.82, 2.24) is 5.32 Å². The summed E-state index contributed by atoms with van der Waals surface area (Å²) in [6.07, 6.45) is 0. The minimum absolute atomic E-state index is 0.0446. The molecule has 0 saturated heterocycles. The highest BCUT2D eigenvalue weighted by atomic mass is 79.9. The highest BCUT2D eigenvalue weighted by molar-refractivity contribution is 9.10. The number of carbonyl (C=O) groups excluding carboxylic acids is 1. The van der Waals surface area contributed by atoms with Gasteiger partial charge in [-0.05, 0) is 27.4 Å². The second-order valence-corrected chi connectivity index (χ2v) is 4.03. The Labute approximate surface area is 83.1 Å². The predicted molar refractivity (Wildman–Crippen MR) is 52.9 cm³/mol. The zero-order valence-corrected chi connectivity index (χ0v) is 8.74. The molecule has 1 rings (SSSR count). The third-order valence-electron chi connectivity index (χ3n) is 1.32. The third kappa shape index (κ3) is 2.58. The molecule has 0 unspecified atom stereocenters. The Morgan fingerprint density at radius 2 is 2.50 bits per heavy atom. The molecule has 5 heteroatoms. The van der Waals surface area contributed by atoms with E-state index in [9.17, 15) is 4.79 Å². The van der Waals surface area contributed by atoms with Crippen LogP contribution in [0.15, 0.2) is 15.9 Å². The van der Waals surface area contributed by atoms with E-state index in [0.717, 1.165) is 9.35 Å². The van der Waals surface area contributed by atoms with Crippen LogP contribution in [0.4, 0.5) is 0 Å². The smallest absolute Gasteiger partial charge is 0.234 e. The number of hydrogen-bond acceptors (Lipinski definition) is 3.